The molecule has 0 fully saturated rings. The molecule has 0 amide bonds. The summed E-state index contributed by atoms with van der Waals surface area (Å²) < 4.78 is 30.8. The molecule has 0 aromatic carbocycles. The van der Waals surface area contributed by atoms with Gasteiger partial charge in [-0.1, -0.05) is 206 Å². The summed E-state index contributed by atoms with van der Waals surface area (Å²) >= 11 is 0. The third kappa shape index (κ3) is 37.0. The number of hydrogen-bond donors (Lipinski definition) is 0. The summed E-state index contributed by atoms with van der Waals surface area (Å²) in [5.41, 5.74) is 0. The summed E-state index contributed by atoms with van der Waals surface area (Å²) in [6.07, 6.45) is 43.0. The third-order valence-corrected chi connectivity index (χ3v) is 13.0. The van der Waals surface area contributed by atoms with E-state index in [1.807, 2.05) is 0 Å². The van der Waals surface area contributed by atoms with Crippen LogP contribution in [-0.4, -0.2) is 21.5 Å². The molecule has 0 radical (unpaired) electrons. The van der Waals surface area contributed by atoms with Crippen molar-refractivity contribution in [3.05, 3.63) is 0 Å². The maximum atomic E-state index is 13.3. The molecule has 0 bridgehead atoms. The van der Waals surface area contributed by atoms with Gasteiger partial charge >= 0.3 is 7.82 Å². The Morgan fingerprint density at radius 1 is 0.356 bits per heavy atom. The predicted molar refractivity (Wildman–Crippen MR) is 203 cm³/mol. The van der Waals surface area contributed by atoms with Crippen LogP contribution in [-0.2, 0) is 17.8 Å². The molecule has 45 heavy (non-hydrogen) atoms. The van der Waals surface area contributed by atoms with Gasteiger partial charge in [0.25, 0.3) is 0 Å². The van der Waals surface area contributed by atoms with E-state index in [2.05, 4.69) is 33.5 Å². The Balaban J connectivity index is 3.69. The Kier molecular flexibility index (Phi) is 34.4. The van der Waals surface area contributed by atoms with E-state index >= 15 is 0 Å². The minimum atomic E-state index is -3.46. The molecule has 272 valence electrons. The van der Waals surface area contributed by atoms with Crippen LogP contribution in [0.5, 0.6) is 0 Å². The van der Waals surface area contributed by atoms with Gasteiger partial charge in [-0.25, -0.2) is 4.57 Å². The molecule has 0 N–H and O–H groups in total. The smallest absolute Gasteiger partial charge is 0.330 e. The topological polar surface area (TPSA) is 44.8 Å². The molecule has 0 aromatic rings. The van der Waals surface area contributed by atoms with Crippen LogP contribution >= 0.6 is 7.82 Å². The quantitative estimate of drug-likeness (QED) is 0.0371. The molecular formula is C39H83O4PSi. The highest BCUT2D eigenvalue weighted by molar-refractivity contribution is 7.50. The summed E-state index contributed by atoms with van der Waals surface area (Å²) in [6.45, 7) is 11.7. The van der Waals surface area contributed by atoms with Crippen LogP contribution in [0.4, 0.5) is 0 Å². The first-order valence-corrected chi connectivity index (χ1v) is 25.3. The van der Waals surface area contributed by atoms with Gasteiger partial charge in [0, 0.05) is 0 Å². The van der Waals surface area contributed by atoms with Gasteiger partial charge in [0.2, 0.25) is 0 Å². The van der Waals surface area contributed by atoms with Crippen LogP contribution in [0, 0.1) is 0 Å². The molecule has 0 rings (SSSR count). The Labute approximate surface area is 285 Å². The lowest BCUT2D eigenvalue weighted by atomic mass is 10.0. The molecular weight excluding hydrogens is 591 g/mol. The molecule has 0 saturated heterocycles. The van der Waals surface area contributed by atoms with Crippen LogP contribution in [0.25, 0.3) is 0 Å². The van der Waals surface area contributed by atoms with Crippen LogP contribution in [0.15, 0.2) is 0 Å². The molecule has 6 heteroatoms. The lowest BCUT2D eigenvalue weighted by Crippen LogP contribution is -2.25. The van der Waals surface area contributed by atoms with Crippen molar-refractivity contribution in [2.75, 3.05) is 13.2 Å². The van der Waals surface area contributed by atoms with E-state index in [0.29, 0.717) is 13.2 Å². The maximum Gasteiger partial charge on any atom is 0.464 e. The van der Waals surface area contributed by atoms with Gasteiger partial charge in [-0.05, 0) is 32.5 Å². The Morgan fingerprint density at radius 2 is 0.556 bits per heavy atom. The third-order valence-electron chi connectivity index (χ3n) is 8.88. The van der Waals surface area contributed by atoms with Gasteiger partial charge < -0.3 is 4.21 Å². The second-order valence-corrected chi connectivity index (χ2v) is 21.3. The Morgan fingerprint density at radius 3 is 0.756 bits per heavy atom. The van der Waals surface area contributed by atoms with Gasteiger partial charge in [-0.15, -0.1) is 0 Å². The van der Waals surface area contributed by atoms with Crippen molar-refractivity contribution < 1.29 is 17.8 Å². The normalized spacial score (nSPS) is 12.4. The highest BCUT2D eigenvalue weighted by Gasteiger charge is 2.33. The number of hydrogen-bond acceptors (Lipinski definition) is 4. The van der Waals surface area contributed by atoms with Crippen LogP contribution < -0.4 is 0 Å². The molecule has 0 aromatic heterocycles. The summed E-state index contributed by atoms with van der Waals surface area (Å²) in [4.78, 5) is 0. The van der Waals surface area contributed by atoms with Crippen LogP contribution in [0.1, 0.15) is 219 Å². The predicted octanol–water partition coefficient (Wildman–Crippen LogP) is 15.5. The largest absolute Gasteiger partial charge is 0.464 e. The highest BCUT2D eigenvalue weighted by atomic mass is 31.2. The minimum Gasteiger partial charge on any atom is -0.330 e. The van der Waals surface area contributed by atoms with Gasteiger partial charge in [0.05, 0.1) is 13.2 Å². The van der Waals surface area contributed by atoms with Crippen molar-refractivity contribution in [2.45, 2.75) is 239 Å². The molecule has 0 aliphatic rings. The van der Waals surface area contributed by atoms with E-state index in [4.69, 9.17) is 13.3 Å². The van der Waals surface area contributed by atoms with Gasteiger partial charge in [0.1, 0.15) is 0 Å². The van der Waals surface area contributed by atoms with Gasteiger partial charge in [0.15, 0.2) is 8.32 Å². The van der Waals surface area contributed by atoms with E-state index in [-0.39, 0.29) is 0 Å². The fourth-order valence-corrected chi connectivity index (χ4v) is 9.96. The first kappa shape index (κ1) is 45.3. The van der Waals surface area contributed by atoms with Crippen molar-refractivity contribution in [1.82, 2.24) is 0 Å². The lowest BCUT2D eigenvalue weighted by molar-refractivity contribution is 0.149. The summed E-state index contributed by atoms with van der Waals surface area (Å²) in [5.74, 6) is 0. The zero-order valence-corrected chi connectivity index (χ0v) is 33.5. The van der Waals surface area contributed by atoms with E-state index < -0.39 is 16.1 Å². The average molecular weight is 675 g/mol. The molecule has 0 heterocycles. The van der Waals surface area contributed by atoms with E-state index in [0.717, 1.165) is 25.7 Å². The zero-order chi connectivity index (χ0) is 33.2. The van der Waals surface area contributed by atoms with E-state index in [9.17, 15) is 4.57 Å². The highest BCUT2D eigenvalue weighted by Crippen LogP contribution is 2.52. The standard InChI is InChI=1S/C39H83O4PSi/c1-6-8-10-12-14-16-18-20-22-24-26-28-30-32-34-36-38-41-44(40,43-45(3,4)5)42-39-37-35-33-31-29-27-25-23-21-19-17-15-13-11-9-7-2/h6-39H2,1-5H3. The Bertz CT molecular complexity index is 583. The van der Waals surface area contributed by atoms with Crippen molar-refractivity contribution in [3.63, 3.8) is 0 Å². The summed E-state index contributed by atoms with van der Waals surface area (Å²) in [7, 11) is -5.49. The van der Waals surface area contributed by atoms with Crippen LogP contribution in [0.3, 0.4) is 0 Å². The number of rotatable bonds is 38. The van der Waals surface area contributed by atoms with Crippen molar-refractivity contribution in [3.8, 4) is 0 Å². The van der Waals surface area contributed by atoms with Gasteiger partial charge in [-0.3, -0.25) is 9.05 Å². The van der Waals surface area contributed by atoms with Crippen molar-refractivity contribution >= 4 is 16.1 Å². The lowest BCUT2D eigenvalue weighted by Gasteiger charge is -2.25. The summed E-state index contributed by atoms with van der Waals surface area (Å²) in [5, 5.41) is 0. The fourth-order valence-electron chi connectivity index (χ4n) is 6.08. The molecule has 0 spiro atoms. The van der Waals surface area contributed by atoms with Crippen molar-refractivity contribution in [1.29, 1.82) is 0 Å². The fraction of sp³-hybridized carbons (Fsp3) is 1.00. The second-order valence-electron chi connectivity index (χ2n) is 14.9. The molecule has 0 aliphatic carbocycles. The minimum absolute atomic E-state index is 0.471. The monoisotopic (exact) mass is 675 g/mol. The first-order chi connectivity index (χ1) is 21.8. The van der Waals surface area contributed by atoms with Crippen LogP contribution in [0.2, 0.25) is 19.6 Å². The zero-order valence-electron chi connectivity index (χ0n) is 31.6. The number of phosphoric acid groups is 1. The van der Waals surface area contributed by atoms with E-state index in [1.54, 1.807) is 0 Å². The molecule has 0 saturated carbocycles. The summed E-state index contributed by atoms with van der Waals surface area (Å²) in [6, 6.07) is 0. The van der Waals surface area contributed by atoms with Gasteiger partial charge in [-0.2, -0.15) is 0 Å². The van der Waals surface area contributed by atoms with E-state index in [1.165, 1.54) is 180 Å². The average Bonchev–Trinajstić information content (AvgIpc) is 2.99. The SMILES string of the molecule is CCCCCCCCCCCCCCCCCCOP(=O)(OCCCCCCCCCCCCCCCCCC)O[Si](C)(C)C. The number of unbranched alkanes of at least 4 members (excludes halogenated alkanes) is 30. The van der Waals surface area contributed by atoms with Crippen molar-refractivity contribution in [2.24, 2.45) is 0 Å². The maximum absolute atomic E-state index is 13.3. The second kappa shape index (κ2) is 34.2. The number of phosphoric ester groups is 1. The first-order valence-electron chi connectivity index (χ1n) is 20.4. The molecule has 0 atom stereocenters. The molecule has 4 nitrogen and oxygen atoms in total. The molecule has 0 aliphatic heterocycles. The Hall–Kier alpha value is 0.327. The molecule has 0 unspecified atom stereocenters.